The molecule has 0 aliphatic heterocycles. The number of hydrogen-bond acceptors (Lipinski definition) is 5. The first-order valence-electron chi connectivity index (χ1n) is 6.46. The first-order chi connectivity index (χ1) is 9.22. The molecular formula is C14H19N3O2. The zero-order valence-electron chi connectivity index (χ0n) is 11.5. The van der Waals surface area contributed by atoms with Crippen LogP contribution in [0.25, 0.3) is 11.4 Å². The van der Waals surface area contributed by atoms with Gasteiger partial charge in [-0.15, -0.1) is 0 Å². The highest BCUT2D eigenvalue weighted by molar-refractivity contribution is 5.56. The van der Waals surface area contributed by atoms with Crippen LogP contribution in [0.4, 0.5) is 0 Å². The minimum atomic E-state index is 0.308. The van der Waals surface area contributed by atoms with E-state index in [9.17, 15) is 0 Å². The lowest BCUT2D eigenvalue weighted by Gasteiger charge is -2.04. The van der Waals surface area contributed by atoms with E-state index >= 15 is 0 Å². The van der Waals surface area contributed by atoms with Gasteiger partial charge in [0.15, 0.2) is 0 Å². The van der Waals surface area contributed by atoms with Gasteiger partial charge in [-0.05, 0) is 33.0 Å². The highest BCUT2D eigenvalue weighted by Crippen LogP contribution is 2.21. The van der Waals surface area contributed by atoms with Gasteiger partial charge in [-0.2, -0.15) is 4.98 Å². The van der Waals surface area contributed by atoms with Gasteiger partial charge in [-0.3, -0.25) is 0 Å². The summed E-state index contributed by atoms with van der Waals surface area (Å²) in [6, 6.07) is 8.00. The standard InChI is InChI=1S/C14H19N3O2/c1-4-18-12-7-5-6-11(9-12)14-16-13(19-17-14)8-10(2)15-3/h5-7,9-10,15H,4,8H2,1-3H3. The van der Waals surface area contributed by atoms with Gasteiger partial charge in [0.25, 0.3) is 0 Å². The van der Waals surface area contributed by atoms with Gasteiger partial charge in [-0.25, -0.2) is 0 Å². The molecule has 0 bridgehead atoms. The molecule has 1 aromatic carbocycles. The summed E-state index contributed by atoms with van der Waals surface area (Å²) in [7, 11) is 1.91. The lowest BCUT2D eigenvalue weighted by Crippen LogP contribution is -2.23. The van der Waals surface area contributed by atoms with Gasteiger partial charge >= 0.3 is 0 Å². The summed E-state index contributed by atoms with van der Waals surface area (Å²) in [5, 5.41) is 7.15. The molecular weight excluding hydrogens is 242 g/mol. The molecule has 1 unspecified atom stereocenters. The molecule has 102 valence electrons. The van der Waals surface area contributed by atoms with Crippen LogP contribution in [0.2, 0.25) is 0 Å². The second-order valence-corrected chi connectivity index (χ2v) is 4.37. The van der Waals surface area contributed by atoms with Crippen molar-refractivity contribution in [3.8, 4) is 17.1 Å². The lowest BCUT2D eigenvalue weighted by molar-refractivity contribution is 0.340. The number of nitrogens with zero attached hydrogens (tertiary/aromatic N) is 2. The van der Waals surface area contributed by atoms with E-state index in [-0.39, 0.29) is 0 Å². The average Bonchev–Trinajstić information content (AvgIpc) is 2.88. The van der Waals surface area contributed by atoms with Crippen LogP contribution < -0.4 is 10.1 Å². The van der Waals surface area contributed by atoms with Crippen LogP contribution in [0.1, 0.15) is 19.7 Å². The Morgan fingerprint density at radius 3 is 3.00 bits per heavy atom. The van der Waals surface area contributed by atoms with Gasteiger partial charge in [0.2, 0.25) is 11.7 Å². The number of ether oxygens (including phenoxy) is 1. The second kappa shape index (κ2) is 6.33. The smallest absolute Gasteiger partial charge is 0.228 e. The predicted molar refractivity (Wildman–Crippen MR) is 73.1 cm³/mol. The van der Waals surface area contributed by atoms with Crippen molar-refractivity contribution in [2.24, 2.45) is 0 Å². The molecule has 1 atom stereocenters. The van der Waals surface area contributed by atoms with Crippen molar-refractivity contribution in [1.82, 2.24) is 15.5 Å². The molecule has 0 aliphatic rings. The van der Waals surface area contributed by atoms with Gasteiger partial charge < -0.3 is 14.6 Å². The maximum absolute atomic E-state index is 5.46. The monoisotopic (exact) mass is 261 g/mol. The number of likely N-dealkylation sites (N-methyl/N-ethyl adjacent to an activating group) is 1. The Morgan fingerprint density at radius 1 is 1.42 bits per heavy atom. The molecule has 0 radical (unpaired) electrons. The highest BCUT2D eigenvalue weighted by Gasteiger charge is 2.11. The number of nitrogens with one attached hydrogen (secondary N) is 1. The Kier molecular flexibility index (Phi) is 4.52. The largest absolute Gasteiger partial charge is 0.494 e. The summed E-state index contributed by atoms with van der Waals surface area (Å²) in [6.07, 6.45) is 0.717. The second-order valence-electron chi connectivity index (χ2n) is 4.37. The molecule has 1 N–H and O–H groups in total. The van der Waals surface area contributed by atoms with E-state index in [0.717, 1.165) is 11.3 Å². The normalized spacial score (nSPS) is 12.4. The minimum Gasteiger partial charge on any atom is -0.494 e. The molecule has 1 aromatic heterocycles. The fourth-order valence-corrected chi connectivity index (χ4v) is 1.71. The minimum absolute atomic E-state index is 0.308. The predicted octanol–water partition coefficient (Wildman–Crippen LogP) is 2.29. The molecule has 0 spiro atoms. The van der Waals surface area contributed by atoms with Gasteiger partial charge in [0.05, 0.1) is 6.61 Å². The van der Waals surface area contributed by atoms with E-state index in [1.54, 1.807) is 0 Å². The summed E-state index contributed by atoms with van der Waals surface area (Å²) in [4.78, 5) is 4.40. The summed E-state index contributed by atoms with van der Waals surface area (Å²) in [5.74, 6) is 2.05. The van der Waals surface area contributed by atoms with Crippen LogP contribution >= 0.6 is 0 Å². The van der Waals surface area contributed by atoms with Crippen molar-refractivity contribution >= 4 is 0 Å². The third-order valence-electron chi connectivity index (χ3n) is 2.84. The summed E-state index contributed by atoms with van der Waals surface area (Å²) < 4.78 is 10.7. The van der Waals surface area contributed by atoms with E-state index < -0.39 is 0 Å². The van der Waals surface area contributed by atoms with E-state index in [1.165, 1.54) is 0 Å². The van der Waals surface area contributed by atoms with Crippen LogP contribution in [0.3, 0.4) is 0 Å². The third-order valence-corrected chi connectivity index (χ3v) is 2.84. The number of hydrogen-bond donors (Lipinski definition) is 1. The summed E-state index contributed by atoms with van der Waals surface area (Å²) in [5.41, 5.74) is 0.901. The zero-order valence-corrected chi connectivity index (χ0v) is 11.5. The molecule has 0 aliphatic carbocycles. The molecule has 2 rings (SSSR count). The highest BCUT2D eigenvalue weighted by atomic mass is 16.5. The molecule has 1 heterocycles. The van der Waals surface area contributed by atoms with E-state index in [0.29, 0.717) is 30.8 Å². The molecule has 19 heavy (non-hydrogen) atoms. The molecule has 0 saturated carbocycles. The van der Waals surface area contributed by atoms with Crippen LogP contribution in [-0.2, 0) is 6.42 Å². The molecule has 2 aromatic rings. The van der Waals surface area contributed by atoms with Crippen molar-refractivity contribution in [3.63, 3.8) is 0 Å². The van der Waals surface area contributed by atoms with Crippen LogP contribution in [-0.4, -0.2) is 29.8 Å². The van der Waals surface area contributed by atoms with E-state index in [4.69, 9.17) is 9.26 Å². The lowest BCUT2D eigenvalue weighted by atomic mass is 10.2. The van der Waals surface area contributed by atoms with Crippen molar-refractivity contribution in [1.29, 1.82) is 0 Å². The van der Waals surface area contributed by atoms with Crippen LogP contribution in [0.5, 0.6) is 5.75 Å². The van der Waals surface area contributed by atoms with Crippen molar-refractivity contribution in [3.05, 3.63) is 30.2 Å². The van der Waals surface area contributed by atoms with Crippen LogP contribution in [0.15, 0.2) is 28.8 Å². The fourth-order valence-electron chi connectivity index (χ4n) is 1.71. The Bertz CT molecular complexity index is 525. The molecule has 0 amide bonds. The molecule has 0 fully saturated rings. The molecule has 0 saturated heterocycles. The van der Waals surface area contributed by atoms with Gasteiger partial charge in [0, 0.05) is 18.0 Å². The quantitative estimate of drug-likeness (QED) is 0.864. The summed E-state index contributed by atoms with van der Waals surface area (Å²) >= 11 is 0. The van der Waals surface area contributed by atoms with E-state index in [2.05, 4.69) is 22.4 Å². The first kappa shape index (κ1) is 13.5. The maximum atomic E-state index is 5.46. The Hall–Kier alpha value is -1.88. The van der Waals surface area contributed by atoms with Crippen molar-refractivity contribution in [2.45, 2.75) is 26.3 Å². The Morgan fingerprint density at radius 2 is 2.26 bits per heavy atom. The fraction of sp³-hybridized carbons (Fsp3) is 0.429. The number of aromatic nitrogens is 2. The Balaban J connectivity index is 2.15. The van der Waals surface area contributed by atoms with Crippen LogP contribution in [0, 0.1) is 0 Å². The van der Waals surface area contributed by atoms with Crippen molar-refractivity contribution in [2.75, 3.05) is 13.7 Å². The third kappa shape index (κ3) is 3.54. The SMILES string of the molecule is CCOc1cccc(-c2noc(CC(C)NC)n2)c1. The van der Waals surface area contributed by atoms with Gasteiger partial charge in [-0.1, -0.05) is 17.3 Å². The molecule has 5 heteroatoms. The molecule has 5 nitrogen and oxygen atoms in total. The first-order valence-corrected chi connectivity index (χ1v) is 6.46. The summed E-state index contributed by atoms with van der Waals surface area (Å²) in [6.45, 7) is 4.67. The topological polar surface area (TPSA) is 60.2 Å². The van der Waals surface area contributed by atoms with E-state index in [1.807, 2.05) is 38.2 Å². The maximum Gasteiger partial charge on any atom is 0.228 e. The number of rotatable bonds is 6. The number of benzene rings is 1. The Labute approximate surface area is 113 Å². The average molecular weight is 261 g/mol. The zero-order chi connectivity index (χ0) is 13.7. The van der Waals surface area contributed by atoms with Gasteiger partial charge in [0.1, 0.15) is 5.75 Å². The van der Waals surface area contributed by atoms with Crippen molar-refractivity contribution < 1.29 is 9.26 Å².